The third-order valence-electron chi connectivity index (χ3n) is 11.6. The molecule has 1 saturated heterocycles. The number of aromatic amines is 1. The van der Waals surface area contributed by atoms with Crippen LogP contribution in [-0.2, 0) is 24.5 Å². The van der Waals surface area contributed by atoms with Crippen LogP contribution in [0.5, 0.6) is 5.75 Å². The van der Waals surface area contributed by atoms with Gasteiger partial charge < -0.3 is 29.0 Å². The molecule has 0 aliphatic carbocycles. The summed E-state index contributed by atoms with van der Waals surface area (Å²) in [5.74, 6) is -5.46. The molecule has 0 amide bonds. The van der Waals surface area contributed by atoms with Crippen LogP contribution in [0.4, 0.5) is 10.3 Å². The van der Waals surface area contributed by atoms with E-state index in [1.54, 1.807) is 61.7 Å². The third kappa shape index (κ3) is 8.39. The Kier molecular flexibility index (Phi) is 11.9. The number of aromatic nitrogens is 4. The van der Waals surface area contributed by atoms with Gasteiger partial charge in [-0.3, -0.25) is 14.3 Å². The number of H-pyrrole nitrogens is 1. The first-order valence-corrected chi connectivity index (χ1v) is 21.2. The van der Waals surface area contributed by atoms with E-state index in [0.717, 1.165) is 16.7 Å². The number of imidazole rings is 1. The van der Waals surface area contributed by atoms with E-state index in [0.29, 0.717) is 5.75 Å². The van der Waals surface area contributed by atoms with E-state index < -0.39 is 59.4 Å². The summed E-state index contributed by atoms with van der Waals surface area (Å²) in [6.07, 6.45) is -2.72. The Labute approximate surface area is 382 Å². The van der Waals surface area contributed by atoms with E-state index in [4.69, 9.17) is 28.7 Å². The van der Waals surface area contributed by atoms with Gasteiger partial charge >= 0.3 is 17.9 Å². The largest absolute Gasteiger partial charge is 0.497 e. The molecular formula is C52H42FN5O9. The molecular weight excluding hydrogens is 858 g/mol. The Bertz CT molecular complexity index is 3050. The van der Waals surface area contributed by atoms with Crippen LogP contribution in [0.15, 0.2) is 187 Å². The molecule has 14 nitrogen and oxygen atoms in total. The molecule has 0 radical (unpaired) electrons. The van der Waals surface area contributed by atoms with E-state index in [1.807, 2.05) is 84.9 Å². The second-order valence-electron chi connectivity index (χ2n) is 15.9. The molecule has 0 bridgehead atoms. The maximum atomic E-state index is 18.2. The predicted octanol–water partition coefficient (Wildman–Crippen LogP) is 8.43. The van der Waals surface area contributed by atoms with Gasteiger partial charge in [-0.15, -0.1) is 0 Å². The highest BCUT2D eigenvalue weighted by atomic mass is 19.2. The lowest BCUT2D eigenvalue weighted by molar-refractivity contribution is -0.207. The van der Waals surface area contributed by atoms with Gasteiger partial charge in [-0.25, -0.2) is 23.8 Å². The summed E-state index contributed by atoms with van der Waals surface area (Å²) in [6.45, 7) is 0.188. The average molecular weight is 900 g/mol. The fraction of sp³-hybridized carbons (Fsp3) is 0.154. The number of hydrogen-bond donors (Lipinski definition) is 2. The maximum absolute atomic E-state index is 18.2. The molecule has 15 heteroatoms. The number of nitrogens with zero attached hydrogens (tertiary/aromatic N) is 3. The number of carbonyl (C=O) groups excluding carboxylic acids is 3. The summed E-state index contributed by atoms with van der Waals surface area (Å²) in [4.78, 5) is 67.6. The summed E-state index contributed by atoms with van der Waals surface area (Å²) in [7, 11) is 1.57. The number of anilines is 1. The summed E-state index contributed by atoms with van der Waals surface area (Å²) in [5.41, 5.74) is -1.99. The first kappa shape index (κ1) is 43.8. The van der Waals surface area contributed by atoms with Crippen LogP contribution in [0.2, 0.25) is 0 Å². The summed E-state index contributed by atoms with van der Waals surface area (Å²) < 4.78 is 48.9. The van der Waals surface area contributed by atoms with E-state index in [1.165, 1.54) is 54.2 Å². The number of benzene rings is 6. The van der Waals surface area contributed by atoms with Gasteiger partial charge in [0.25, 0.3) is 11.4 Å². The molecule has 3 heterocycles. The Hall–Kier alpha value is -8.43. The standard InChI is InChI=1S/C52H42FN5O9/c1-50(66-46(62)36-22-12-5-13-23-36)47(65-45(61)35-20-10-4-11-21-35)51(53,32-64-44(60)34-18-8-3-9-19-34)67-48(50)58-33-54-41-42(58)55-49(56-43(41)59)57-52(37-24-14-6-15-25-37,38-26-16-7-17-27-38)39-28-30-40(63-2)31-29-39/h3-31,33,47-48H,32H2,1-2H3,(H2,55,56,57,59)/t47-,48+,50+,51+/m0/s1. The zero-order valence-electron chi connectivity index (χ0n) is 36.1. The smallest absolute Gasteiger partial charge is 0.338 e. The number of hydrogen-bond acceptors (Lipinski definition) is 12. The minimum absolute atomic E-state index is 0.0421. The van der Waals surface area contributed by atoms with Gasteiger partial charge in [0.15, 0.2) is 29.6 Å². The van der Waals surface area contributed by atoms with Gasteiger partial charge in [0.05, 0.1) is 30.1 Å². The second-order valence-corrected chi connectivity index (χ2v) is 15.9. The van der Waals surface area contributed by atoms with Crippen molar-refractivity contribution < 1.29 is 42.5 Å². The van der Waals surface area contributed by atoms with Crippen molar-refractivity contribution in [3.8, 4) is 5.75 Å². The van der Waals surface area contributed by atoms with Crippen LogP contribution >= 0.6 is 0 Å². The zero-order valence-corrected chi connectivity index (χ0v) is 36.1. The molecule has 0 unspecified atom stereocenters. The lowest BCUT2D eigenvalue weighted by Crippen LogP contribution is -2.54. The molecule has 336 valence electrons. The summed E-state index contributed by atoms with van der Waals surface area (Å²) >= 11 is 0. The van der Waals surface area contributed by atoms with Crippen molar-refractivity contribution in [1.82, 2.24) is 19.5 Å². The number of ether oxygens (including phenoxy) is 5. The zero-order chi connectivity index (χ0) is 46.6. The molecule has 0 saturated carbocycles. The number of alkyl halides is 1. The molecule has 8 aromatic rings. The highest BCUT2D eigenvalue weighted by Crippen LogP contribution is 2.51. The minimum atomic E-state index is -3.20. The van der Waals surface area contributed by atoms with Crippen molar-refractivity contribution in [2.75, 3.05) is 19.0 Å². The van der Waals surface area contributed by atoms with Crippen molar-refractivity contribution >= 4 is 35.0 Å². The van der Waals surface area contributed by atoms with Gasteiger partial charge in [-0.05, 0) is 72.1 Å². The van der Waals surface area contributed by atoms with E-state index >= 15 is 4.39 Å². The van der Waals surface area contributed by atoms with Crippen molar-refractivity contribution in [3.05, 3.63) is 226 Å². The molecule has 2 aromatic heterocycles. The van der Waals surface area contributed by atoms with Crippen LogP contribution in [0, 0.1) is 0 Å². The Morgan fingerprint density at radius 3 is 1.75 bits per heavy atom. The topological polar surface area (TPSA) is 173 Å². The van der Waals surface area contributed by atoms with Crippen LogP contribution in [-0.4, -0.2) is 68.7 Å². The minimum Gasteiger partial charge on any atom is -0.497 e. The van der Waals surface area contributed by atoms with Crippen molar-refractivity contribution in [3.63, 3.8) is 0 Å². The lowest BCUT2D eigenvalue weighted by atomic mass is 9.77. The van der Waals surface area contributed by atoms with Crippen molar-refractivity contribution in [1.29, 1.82) is 0 Å². The maximum Gasteiger partial charge on any atom is 0.338 e. The van der Waals surface area contributed by atoms with Gasteiger partial charge in [0.1, 0.15) is 11.3 Å². The number of nitrogens with one attached hydrogen (secondary N) is 2. The van der Waals surface area contributed by atoms with Crippen LogP contribution in [0.25, 0.3) is 11.2 Å². The molecule has 1 fully saturated rings. The predicted molar refractivity (Wildman–Crippen MR) is 244 cm³/mol. The molecule has 1 aliphatic heterocycles. The van der Waals surface area contributed by atoms with Crippen LogP contribution < -0.4 is 15.6 Å². The number of fused-ring (bicyclic) bond motifs is 1. The number of esters is 3. The third-order valence-corrected chi connectivity index (χ3v) is 11.6. The molecule has 6 aromatic carbocycles. The highest BCUT2D eigenvalue weighted by Gasteiger charge is 2.69. The van der Waals surface area contributed by atoms with Crippen molar-refractivity contribution in [2.24, 2.45) is 0 Å². The normalized spacial score (nSPS) is 19.0. The van der Waals surface area contributed by atoms with E-state index in [9.17, 15) is 19.2 Å². The lowest BCUT2D eigenvalue weighted by Gasteiger charge is -2.37. The summed E-state index contributed by atoms with van der Waals surface area (Å²) in [6, 6.07) is 50.1. The molecule has 9 rings (SSSR count). The van der Waals surface area contributed by atoms with E-state index in [2.05, 4.69) is 15.3 Å². The van der Waals surface area contributed by atoms with Gasteiger partial charge in [-0.2, -0.15) is 4.98 Å². The summed E-state index contributed by atoms with van der Waals surface area (Å²) in [5, 5.41) is 3.54. The van der Waals surface area contributed by atoms with E-state index in [-0.39, 0.29) is 33.8 Å². The SMILES string of the molecule is COc1ccc(C(Nc2nc3c(ncn3[C@@H]3O[C@](F)(COC(=O)c4ccccc4)[C@@H](OC(=O)c4ccccc4)[C@@]3(C)OC(=O)c3ccccc3)c(=O)[nH]2)(c2ccccc2)c2ccccc2)cc1. The number of halogens is 1. The number of methoxy groups -OCH3 is 1. The van der Waals surface area contributed by atoms with Crippen LogP contribution in [0.1, 0.15) is 60.9 Å². The first-order valence-electron chi connectivity index (χ1n) is 21.2. The molecule has 67 heavy (non-hydrogen) atoms. The monoisotopic (exact) mass is 899 g/mol. The first-order chi connectivity index (χ1) is 32.5. The molecule has 4 atom stereocenters. The van der Waals surface area contributed by atoms with Crippen molar-refractivity contribution in [2.45, 2.75) is 36.3 Å². The fourth-order valence-electron chi connectivity index (χ4n) is 8.35. The molecule has 0 spiro atoms. The second kappa shape index (κ2) is 18.2. The average Bonchev–Trinajstić information content (AvgIpc) is 3.89. The Balaban J connectivity index is 1.20. The number of carbonyl (C=O) groups is 3. The molecule has 2 N–H and O–H groups in total. The van der Waals surface area contributed by atoms with Gasteiger partial charge in [0, 0.05) is 0 Å². The fourth-order valence-corrected chi connectivity index (χ4v) is 8.35. The highest BCUT2D eigenvalue weighted by molar-refractivity contribution is 5.91. The Morgan fingerprint density at radius 1 is 0.716 bits per heavy atom. The number of rotatable bonds is 14. The quantitative estimate of drug-likeness (QED) is 0.0607. The van der Waals surface area contributed by atoms with Crippen LogP contribution in [0.3, 0.4) is 0 Å². The Morgan fingerprint density at radius 2 is 1.21 bits per heavy atom. The van der Waals surface area contributed by atoms with Gasteiger partial charge in [0.2, 0.25) is 12.1 Å². The van der Waals surface area contributed by atoms with Gasteiger partial charge in [-0.1, -0.05) is 127 Å². The molecule has 1 aliphatic rings.